The molecule has 0 heterocycles. The van der Waals surface area contributed by atoms with E-state index in [0.717, 1.165) is 16.7 Å². The number of carboxylic acids is 1. The van der Waals surface area contributed by atoms with Gasteiger partial charge in [0.15, 0.2) is 5.78 Å². The van der Waals surface area contributed by atoms with Gasteiger partial charge in [-0.05, 0) is 69.3 Å². The van der Waals surface area contributed by atoms with E-state index in [0.29, 0.717) is 23.5 Å². The molecule has 1 amide bonds. The smallest absolute Gasteiger partial charge is 0.407 e. The summed E-state index contributed by atoms with van der Waals surface area (Å²) in [5.41, 5.74) is 3.69. The van der Waals surface area contributed by atoms with Crippen LogP contribution in [0.2, 0.25) is 0 Å². The SMILES string of the molecule is CN[C@@H](CC(SC)C(=O)c1ccccc1NC[C@H](CSC(c1ccccc1)(c1ccccc1)c1ccccc1)NC(=O)OC(C)(C)C)C(=O)O. The maximum atomic E-state index is 13.8. The Kier molecular flexibility index (Phi) is 14.0. The third-order valence-corrected chi connectivity index (χ3v) is 10.9. The van der Waals surface area contributed by atoms with Crippen LogP contribution in [0, 0.1) is 0 Å². The Hall–Kier alpha value is -4.25. The lowest BCUT2D eigenvalue weighted by Gasteiger charge is -2.37. The Bertz CT molecular complexity index is 1590. The van der Waals surface area contributed by atoms with Crippen LogP contribution >= 0.6 is 23.5 Å². The zero-order valence-corrected chi connectivity index (χ0v) is 30.9. The van der Waals surface area contributed by atoms with Crippen LogP contribution in [0.4, 0.5) is 10.5 Å². The lowest BCUT2D eigenvalue weighted by atomic mass is 9.84. The van der Waals surface area contributed by atoms with Crippen LogP contribution in [0.3, 0.4) is 0 Å². The van der Waals surface area contributed by atoms with E-state index >= 15 is 0 Å². The van der Waals surface area contributed by atoms with Gasteiger partial charge in [-0.1, -0.05) is 103 Å². The first kappa shape index (κ1) is 38.6. The van der Waals surface area contributed by atoms with E-state index in [2.05, 4.69) is 52.3 Å². The first-order chi connectivity index (χ1) is 24.0. The molecular formula is C40H47N3O5S2. The highest BCUT2D eigenvalue weighted by Gasteiger charge is 2.38. The number of carbonyl (C=O) groups is 3. The molecule has 4 aromatic rings. The molecule has 4 aromatic carbocycles. The van der Waals surface area contributed by atoms with Crippen molar-refractivity contribution in [3.8, 4) is 0 Å². The van der Waals surface area contributed by atoms with Crippen molar-refractivity contribution in [2.24, 2.45) is 0 Å². The van der Waals surface area contributed by atoms with Gasteiger partial charge >= 0.3 is 12.1 Å². The molecule has 0 aliphatic rings. The highest BCUT2D eigenvalue weighted by atomic mass is 32.2. The predicted molar refractivity (Wildman–Crippen MR) is 206 cm³/mol. The number of likely N-dealkylation sites (N-methyl/N-ethyl adjacent to an activating group) is 1. The normalized spacial score (nSPS) is 13.5. The van der Waals surface area contributed by atoms with Crippen molar-refractivity contribution in [1.82, 2.24) is 10.6 Å². The lowest BCUT2D eigenvalue weighted by Crippen LogP contribution is -2.45. The minimum Gasteiger partial charge on any atom is -0.480 e. The molecule has 8 nitrogen and oxygen atoms in total. The maximum Gasteiger partial charge on any atom is 0.407 e. The average Bonchev–Trinajstić information content (AvgIpc) is 3.11. The number of hydrogen-bond acceptors (Lipinski definition) is 8. The number of aliphatic carboxylic acids is 1. The molecule has 4 rings (SSSR count). The number of ketones is 1. The molecule has 0 aromatic heterocycles. The summed E-state index contributed by atoms with van der Waals surface area (Å²) in [5, 5.41) is 18.3. The van der Waals surface area contributed by atoms with Crippen molar-refractivity contribution in [2.75, 3.05) is 30.9 Å². The Morgan fingerprint density at radius 2 is 1.28 bits per heavy atom. The number of alkyl carbamates (subject to hydrolysis) is 1. The van der Waals surface area contributed by atoms with Crippen molar-refractivity contribution in [1.29, 1.82) is 0 Å². The first-order valence-electron chi connectivity index (χ1n) is 16.6. The quantitative estimate of drug-likeness (QED) is 0.0646. The van der Waals surface area contributed by atoms with Gasteiger partial charge < -0.3 is 25.8 Å². The van der Waals surface area contributed by atoms with Gasteiger partial charge in [0.05, 0.1) is 16.0 Å². The third-order valence-electron chi connectivity index (χ3n) is 8.17. The van der Waals surface area contributed by atoms with Gasteiger partial charge in [0.25, 0.3) is 0 Å². The summed E-state index contributed by atoms with van der Waals surface area (Å²) in [6.07, 6.45) is 1.41. The second kappa shape index (κ2) is 18.1. The van der Waals surface area contributed by atoms with Crippen molar-refractivity contribution in [3.63, 3.8) is 0 Å². The molecule has 1 unspecified atom stereocenters. The van der Waals surface area contributed by atoms with E-state index in [1.54, 1.807) is 30.9 Å². The summed E-state index contributed by atoms with van der Waals surface area (Å²) in [7, 11) is 1.58. The number of benzene rings is 4. The summed E-state index contributed by atoms with van der Waals surface area (Å²) in [6.45, 7) is 5.77. The van der Waals surface area contributed by atoms with E-state index in [9.17, 15) is 19.5 Å². The molecular weight excluding hydrogens is 667 g/mol. The van der Waals surface area contributed by atoms with Gasteiger partial charge in [-0.3, -0.25) is 9.59 Å². The molecule has 0 bridgehead atoms. The molecule has 10 heteroatoms. The molecule has 0 spiro atoms. The van der Waals surface area contributed by atoms with E-state index in [-0.39, 0.29) is 12.2 Å². The van der Waals surface area contributed by atoms with E-state index in [1.807, 2.05) is 93.8 Å². The Morgan fingerprint density at radius 3 is 1.74 bits per heavy atom. The molecule has 0 saturated heterocycles. The van der Waals surface area contributed by atoms with Crippen LogP contribution < -0.4 is 16.0 Å². The monoisotopic (exact) mass is 713 g/mol. The van der Waals surface area contributed by atoms with Gasteiger partial charge in [0, 0.05) is 23.5 Å². The highest BCUT2D eigenvalue weighted by Crippen LogP contribution is 2.48. The van der Waals surface area contributed by atoms with E-state index in [1.165, 1.54) is 11.8 Å². The standard InChI is InChI=1S/C40H47N3O5S2/c1-39(2,3)48-38(47)43-31(26-42-33-24-16-15-23-32(33)36(44)35(49-5)25-34(41-4)37(45)46)27-50-40(28-17-9-6-10-18-28,29-19-11-7-12-20-29)30-21-13-8-14-22-30/h6-24,31,34-35,41-42H,25-27H2,1-5H3,(H,43,47)(H,45,46)/t31-,34+,35?/m1/s1. The Balaban J connectivity index is 1.68. The zero-order chi connectivity index (χ0) is 36.1. The molecule has 0 saturated carbocycles. The fourth-order valence-corrected chi connectivity index (χ4v) is 8.03. The molecule has 0 aliphatic heterocycles. The minimum absolute atomic E-state index is 0.139. The van der Waals surface area contributed by atoms with E-state index < -0.39 is 39.7 Å². The molecule has 50 heavy (non-hydrogen) atoms. The fraction of sp³-hybridized carbons (Fsp3) is 0.325. The van der Waals surface area contributed by atoms with Crippen LogP contribution in [0.5, 0.6) is 0 Å². The van der Waals surface area contributed by atoms with Gasteiger partial charge in [0.2, 0.25) is 0 Å². The lowest BCUT2D eigenvalue weighted by molar-refractivity contribution is -0.139. The number of anilines is 1. The number of Topliss-reactive ketones (excluding diaryl/α,β-unsaturated/α-hetero) is 1. The summed E-state index contributed by atoms with van der Waals surface area (Å²) in [4.78, 5) is 38.7. The second-order valence-electron chi connectivity index (χ2n) is 12.9. The molecule has 264 valence electrons. The number of ether oxygens (including phenoxy) is 1. The van der Waals surface area contributed by atoms with Gasteiger partial charge in [-0.15, -0.1) is 11.8 Å². The summed E-state index contributed by atoms with van der Waals surface area (Å²) in [5.74, 6) is -0.682. The first-order valence-corrected chi connectivity index (χ1v) is 18.9. The predicted octanol–water partition coefficient (Wildman–Crippen LogP) is 7.69. The van der Waals surface area contributed by atoms with Crippen LogP contribution in [-0.2, 0) is 14.3 Å². The van der Waals surface area contributed by atoms with Gasteiger partial charge in [-0.2, -0.15) is 11.8 Å². The van der Waals surface area contributed by atoms with Crippen molar-refractivity contribution in [3.05, 3.63) is 138 Å². The van der Waals surface area contributed by atoms with Crippen molar-refractivity contribution >= 4 is 47.1 Å². The van der Waals surface area contributed by atoms with Gasteiger partial charge in [0.1, 0.15) is 11.6 Å². The van der Waals surface area contributed by atoms with Gasteiger partial charge in [-0.25, -0.2) is 4.79 Å². The van der Waals surface area contributed by atoms with E-state index in [4.69, 9.17) is 4.74 Å². The highest BCUT2D eigenvalue weighted by molar-refractivity contribution is 8.00. The zero-order valence-electron chi connectivity index (χ0n) is 29.2. The summed E-state index contributed by atoms with van der Waals surface area (Å²) < 4.78 is 5.08. The molecule has 4 N–H and O–H groups in total. The Labute approximate surface area is 304 Å². The summed E-state index contributed by atoms with van der Waals surface area (Å²) >= 11 is 3.05. The van der Waals surface area contributed by atoms with Crippen LogP contribution in [0.25, 0.3) is 0 Å². The van der Waals surface area contributed by atoms with Crippen molar-refractivity contribution in [2.45, 2.75) is 54.9 Å². The Morgan fingerprint density at radius 1 is 0.780 bits per heavy atom. The molecule has 0 radical (unpaired) electrons. The van der Waals surface area contributed by atoms with Crippen LogP contribution in [-0.4, -0.2) is 71.5 Å². The topological polar surface area (TPSA) is 117 Å². The minimum atomic E-state index is -1.00. The molecule has 0 fully saturated rings. The second-order valence-corrected chi connectivity index (χ2v) is 15.1. The molecule has 3 atom stereocenters. The fourth-order valence-electron chi connectivity index (χ4n) is 5.75. The molecule has 0 aliphatic carbocycles. The number of carbonyl (C=O) groups excluding carboxylic acids is 2. The largest absolute Gasteiger partial charge is 0.480 e. The number of thioether (sulfide) groups is 2. The number of carboxylic acid groups (broad SMARTS) is 1. The van der Waals surface area contributed by atoms with Crippen molar-refractivity contribution < 1.29 is 24.2 Å². The number of para-hydroxylation sites is 1. The van der Waals surface area contributed by atoms with Crippen LogP contribution in [0.1, 0.15) is 54.2 Å². The third kappa shape index (κ3) is 10.2. The number of rotatable bonds is 17. The maximum absolute atomic E-state index is 13.8. The number of hydrogen-bond donors (Lipinski definition) is 4. The number of nitrogens with one attached hydrogen (secondary N) is 3. The summed E-state index contributed by atoms with van der Waals surface area (Å²) in [6, 6.07) is 37.0. The number of amides is 1. The van der Waals surface area contributed by atoms with Crippen LogP contribution in [0.15, 0.2) is 115 Å². The average molecular weight is 714 g/mol.